The van der Waals surface area contributed by atoms with Gasteiger partial charge in [0, 0.05) is 5.92 Å². The number of alkyl halides is 3. The maximum Gasteiger partial charge on any atom is 0.412 e. The summed E-state index contributed by atoms with van der Waals surface area (Å²) >= 11 is 0. The number of hydrogen-bond donors (Lipinski definition) is 0. The van der Waals surface area contributed by atoms with E-state index in [1.165, 1.54) is 51.4 Å². The van der Waals surface area contributed by atoms with Gasteiger partial charge in [-0.2, -0.15) is 13.2 Å². The first-order valence-electron chi connectivity index (χ1n) is 11.6. The predicted molar refractivity (Wildman–Crippen MR) is 111 cm³/mol. The Labute approximate surface area is 173 Å². The van der Waals surface area contributed by atoms with Gasteiger partial charge in [-0.15, -0.1) is 6.58 Å². The zero-order valence-electron chi connectivity index (χ0n) is 17.5. The second-order valence-electron chi connectivity index (χ2n) is 9.65. The molecule has 0 unspecified atom stereocenters. The van der Waals surface area contributed by atoms with Crippen LogP contribution in [0.1, 0.15) is 77.0 Å². The van der Waals surface area contributed by atoms with Gasteiger partial charge < -0.3 is 0 Å². The number of allylic oxidation sites excluding steroid dienone is 5. The SMILES string of the molecule is C=CC1CCC(C2CCC(/C=C/C3CCC(/C(F)=C/C(F)(F)F)CC3)CC2)CC1. The minimum absolute atomic E-state index is 0.157. The summed E-state index contributed by atoms with van der Waals surface area (Å²) in [4.78, 5) is 0. The molecule has 0 aromatic carbocycles. The van der Waals surface area contributed by atoms with E-state index in [9.17, 15) is 17.6 Å². The Balaban J connectivity index is 1.37. The van der Waals surface area contributed by atoms with Crippen molar-refractivity contribution in [1.82, 2.24) is 0 Å². The molecule has 0 saturated heterocycles. The molecule has 3 saturated carbocycles. The van der Waals surface area contributed by atoms with Crippen LogP contribution in [-0.4, -0.2) is 6.18 Å². The van der Waals surface area contributed by atoms with Crippen molar-refractivity contribution in [2.24, 2.45) is 35.5 Å². The molecule has 3 aliphatic rings. The molecule has 0 aliphatic heterocycles. The lowest BCUT2D eigenvalue weighted by atomic mass is 9.69. The number of hydrogen-bond acceptors (Lipinski definition) is 0. The molecule has 0 aromatic heterocycles. The van der Waals surface area contributed by atoms with Crippen LogP contribution in [0, 0.1) is 35.5 Å². The Morgan fingerprint density at radius 1 is 0.655 bits per heavy atom. The molecular weight excluding hydrogens is 376 g/mol. The number of rotatable bonds is 5. The van der Waals surface area contributed by atoms with Gasteiger partial charge >= 0.3 is 6.18 Å². The fraction of sp³-hybridized carbons (Fsp3) is 0.760. The van der Waals surface area contributed by atoms with E-state index in [4.69, 9.17) is 0 Å². The van der Waals surface area contributed by atoms with Gasteiger partial charge in [0.05, 0.1) is 6.08 Å². The van der Waals surface area contributed by atoms with Crippen LogP contribution in [0.15, 0.2) is 36.7 Å². The molecule has 0 atom stereocenters. The second-order valence-corrected chi connectivity index (χ2v) is 9.65. The van der Waals surface area contributed by atoms with Crippen molar-refractivity contribution in [3.8, 4) is 0 Å². The lowest BCUT2D eigenvalue weighted by molar-refractivity contribution is -0.0820. The van der Waals surface area contributed by atoms with E-state index in [2.05, 4.69) is 24.8 Å². The molecule has 3 aliphatic carbocycles. The maximum atomic E-state index is 13.7. The summed E-state index contributed by atoms with van der Waals surface area (Å²) in [6, 6.07) is 0. The van der Waals surface area contributed by atoms with Crippen LogP contribution in [0.25, 0.3) is 0 Å². The molecule has 29 heavy (non-hydrogen) atoms. The molecule has 0 heterocycles. The molecule has 3 rings (SSSR count). The molecule has 164 valence electrons. The van der Waals surface area contributed by atoms with Gasteiger partial charge in [0.2, 0.25) is 0 Å². The van der Waals surface area contributed by atoms with Gasteiger partial charge in [-0.1, -0.05) is 18.2 Å². The summed E-state index contributed by atoms with van der Waals surface area (Å²) in [5.74, 6) is 2.05. The third-order valence-corrected chi connectivity index (χ3v) is 7.75. The topological polar surface area (TPSA) is 0 Å². The van der Waals surface area contributed by atoms with Gasteiger partial charge in [-0.25, -0.2) is 4.39 Å². The van der Waals surface area contributed by atoms with E-state index in [1.54, 1.807) is 0 Å². The van der Waals surface area contributed by atoms with Crippen molar-refractivity contribution >= 4 is 0 Å². The van der Waals surface area contributed by atoms with Crippen LogP contribution in [-0.2, 0) is 0 Å². The normalized spacial score (nSPS) is 37.6. The Morgan fingerprint density at radius 3 is 1.48 bits per heavy atom. The summed E-state index contributed by atoms with van der Waals surface area (Å²) in [5, 5.41) is 0. The third kappa shape index (κ3) is 7.00. The molecule has 3 fully saturated rings. The number of halogens is 4. The molecule has 0 radical (unpaired) electrons. The smallest absolute Gasteiger partial charge is 0.212 e. The summed E-state index contributed by atoms with van der Waals surface area (Å²) in [5.41, 5.74) is 0. The zero-order chi connectivity index (χ0) is 20.9. The van der Waals surface area contributed by atoms with Gasteiger partial charge in [0.25, 0.3) is 0 Å². The first-order valence-corrected chi connectivity index (χ1v) is 11.6. The van der Waals surface area contributed by atoms with E-state index < -0.39 is 17.9 Å². The molecule has 0 nitrogen and oxygen atoms in total. The molecular formula is C25H36F4. The molecule has 0 spiro atoms. The molecule has 0 N–H and O–H groups in total. The Kier molecular flexibility index (Phi) is 8.04. The van der Waals surface area contributed by atoms with Crippen LogP contribution in [0.2, 0.25) is 0 Å². The molecule has 0 aromatic rings. The van der Waals surface area contributed by atoms with Gasteiger partial charge in [0.1, 0.15) is 5.83 Å². The Bertz CT molecular complexity index is 564. The highest BCUT2D eigenvalue weighted by Gasteiger charge is 2.31. The fourth-order valence-electron chi connectivity index (χ4n) is 5.84. The van der Waals surface area contributed by atoms with Crippen molar-refractivity contribution in [2.75, 3.05) is 0 Å². The van der Waals surface area contributed by atoms with E-state index in [0.717, 1.165) is 30.6 Å². The molecule has 4 heteroatoms. The quantitative estimate of drug-likeness (QED) is 0.313. The second kappa shape index (κ2) is 10.3. The average molecular weight is 413 g/mol. The zero-order valence-corrected chi connectivity index (χ0v) is 17.5. The van der Waals surface area contributed by atoms with Crippen molar-refractivity contribution in [3.63, 3.8) is 0 Å². The van der Waals surface area contributed by atoms with Crippen molar-refractivity contribution in [3.05, 3.63) is 36.7 Å². The van der Waals surface area contributed by atoms with Crippen LogP contribution in [0.4, 0.5) is 17.6 Å². The van der Waals surface area contributed by atoms with E-state index >= 15 is 0 Å². The maximum absolute atomic E-state index is 13.7. The van der Waals surface area contributed by atoms with Crippen molar-refractivity contribution in [2.45, 2.75) is 83.2 Å². The minimum Gasteiger partial charge on any atom is -0.212 e. The lowest BCUT2D eigenvalue weighted by Crippen LogP contribution is -2.25. The lowest BCUT2D eigenvalue weighted by Gasteiger charge is -2.37. The largest absolute Gasteiger partial charge is 0.412 e. The first kappa shape index (κ1) is 22.6. The van der Waals surface area contributed by atoms with Crippen LogP contribution in [0.5, 0.6) is 0 Å². The van der Waals surface area contributed by atoms with Crippen LogP contribution in [0.3, 0.4) is 0 Å². The summed E-state index contributed by atoms with van der Waals surface area (Å²) in [7, 11) is 0. The van der Waals surface area contributed by atoms with E-state index in [1.807, 2.05) is 0 Å². The molecule has 0 bridgehead atoms. The average Bonchev–Trinajstić information content (AvgIpc) is 2.72. The van der Waals surface area contributed by atoms with Crippen LogP contribution >= 0.6 is 0 Å². The first-order chi connectivity index (χ1) is 13.8. The van der Waals surface area contributed by atoms with Gasteiger partial charge in [-0.05, 0) is 107 Å². The Morgan fingerprint density at radius 2 is 1.07 bits per heavy atom. The predicted octanol–water partition coefficient (Wildman–Crippen LogP) is 8.56. The van der Waals surface area contributed by atoms with E-state index in [-0.39, 0.29) is 6.08 Å². The van der Waals surface area contributed by atoms with Gasteiger partial charge in [0.15, 0.2) is 0 Å². The minimum atomic E-state index is -4.55. The highest BCUT2D eigenvalue weighted by Crippen LogP contribution is 2.42. The fourth-order valence-corrected chi connectivity index (χ4v) is 5.84. The Hall–Kier alpha value is -1.06. The van der Waals surface area contributed by atoms with Crippen molar-refractivity contribution in [1.29, 1.82) is 0 Å². The monoisotopic (exact) mass is 412 g/mol. The highest BCUT2D eigenvalue weighted by atomic mass is 19.4. The molecule has 0 amide bonds. The summed E-state index contributed by atoms with van der Waals surface area (Å²) in [6.45, 7) is 3.94. The highest BCUT2D eigenvalue weighted by molar-refractivity contribution is 5.05. The van der Waals surface area contributed by atoms with E-state index in [0.29, 0.717) is 24.7 Å². The third-order valence-electron chi connectivity index (χ3n) is 7.75. The van der Waals surface area contributed by atoms with Crippen molar-refractivity contribution < 1.29 is 17.6 Å². The summed E-state index contributed by atoms with van der Waals surface area (Å²) in [6.07, 6.45) is 15.2. The standard InChI is InChI=1S/C25H36F4/c1-2-18-5-11-21(12-6-18)22-13-7-19(8-14-22)3-4-20-9-15-23(16-10-20)24(26)17-25(27,28)29/h2-4,17-23H,1,5-16H2/b4-3+,24-17-. The van der Waals surface area contributed by atoms with Gasteiger partial charge in [-0.3, -0.25) is 0 Å². The van der Waals surface area contributed by atoms with Crippen LogP contribution < -0.4 is 0 Å². The summed E-state index contributed by atoms with van der Waals surface area (Å²) < 4.78 is 50.7.